The van der Waals surface area contributed by atoms with Gasteiger partial charge in [-0.2, -0.15) is 0 Å². The third kappa shape index (κ3) is 4.12. The van der Waals surface area contributed by atoms with Gasteiger partial charge in [-0.25, -0.2) is 13.8 Å². The van der Waals surface area contributed by atoms with Gasteiger partial charge in [0.25, 0.3) is 5.56 Å². The third-order valence-corrected chi connectivity index (χ3v) is 3.71. The molecule has 1 atom stereocenters. The number of rotatable bonds is 4. The van der Waals surface area contributed by atoms with Crippen molar-refractivity contribution < 1.29 is 18.6 Å². The Morgan fingerprint density at radius 2 is 2.08 bits per heavy atom. The molecule has 7 heteroatoms. The number of hydrogen-bond acceptors (Lipinski definition) is 4. The lowest BCUT2D eigenvalue weighted by Crippen LogP contribution is -2.22. The fourth-order valence-corrected chi connectivity index (χ4v) is 2.40. The van der Waals surface area contributed by atoms with E-state index >= 15 is 0 Å². The first-order valence-corrected chi connectivity index (χ1v) is 7.81. The summed E-state index contributed by atoms with van der Waals surface area (Å²) in [6.45, 7) is 1.40. The maximum atomic E-state index is 13.6. The molecule has 1 aliphatic carbocycles. The van der Waals surface area contributed by atoms with Crippen LogP contribution in [0.2, 0.25) is 0 Å². The summed E-state index contributed by atoms with van der Waals surface area (Å²) in [5.74, 6) is -1.40. The predicted octanol–water partition coefficient (Wildman–Crippen LogP) is 2.82. The van der Waals surface area contributed by atoms with Crippen LogP contribution in [0.15, 0.2) is 65.8 Å². The first-order chi connectivity index (χ1) is 12.3. The van der Waals surface area contributed by atoms with E-state index in [1.54, 1.807) is 31.2 Å². The zero-order chi connectivity index (χ0) is 18.7. The Balaban J connectivity index is 1.80. The number of halogens is 2. The molecule has 0 aliphatic heterocycles. The summed E-state index contributed by atoms with van der Waals surface area (Å²) in [5.41, 5.74) is -1.03. The number of nitrogens with zero attached hydrogens (tertiary/aromatic N) is 2. The Morgan fingerprint density at radius 1 is 1.27 bits per heavy atom. The Labute approximate surface area is 148 Å². The molecule has 0 bridgehead atoms. The van der Waals surface area contributed by atoms with Crippen LogP contribution in [-0.4, -0.2) is 20.3 Å². The van der Waals surface area contributed by atoms with Crippen LogP contribution in [0, 0.1) is 11.6 Å². The van der Waals surface area contributed by atoms with E-state index in [4.69, 9.17) is 4.74 Å². The standard InChI is InChI=1S/C19H16F2N2O3/c1-19(25)7-3-2-4-15(10-19)23-12-22-17(9-18(23)24)26-11-13-5-6-14(20)8-16(13)21/h2-10,12,25H,11H2,1H3. The minimum atomic E-state index is -1.20. The van der Waals surface area contributed by atoms with E-state index < -0.39 is 22.8 Å². The molecule has 0 radical (unpaired) electrons. The lowest BCUT2D eigenvalue weighted by atomic mass is 10.1. The van der Waals surface area contributed by atoms with E-state index in [1.165, 1.54) is 23.0 Å². The lowest BCUT2D eigenvalue weighted by Gasteiger charge is -2.15. The van der Waals surface area contributed by atoms with Crippen molar-refractivity contribution in [1.82, 2.24) is 9.55 Å². The molecule has 1 N–H and O–H groups in total. The van der Waals surface area contributed by atoms with E-state index in [0.29, 0.717) is 5.70 Å². The van der Waals surface area contributed by atoms with Crippen LogP contribution in [0.3, 0.4) is 0 Å². The largest absolute Gasteiger partial charge is 0.473 e. The predicted molar refractivity (Wildman–Crippen MR) is 92.4 cm³/mol. The zero-order valence-corrected chi connectivity index (χ0v) is 13.9. The lowest BCUT2D eigenvalue weighted by molar-refractivity contribution is 0.164. The molecule has 2 aromatic rings. The molecule has 3 rings (SSSR count). The molecule has 0 spiro atoms. The summed E-state index contributed by atoms with van der Waals surface area (Å²) >= 11 is 0. The van der Waals surface area contributed by atoms with E-state index in [2.05, 4.69) is 4.98 Å². The minimum Gasteiger partial charge on any atom is -0.473 e. The van der Waals surface area contributed by atoms with Gasteiger partial charge in [-0.05, 0) is 37.3 Å². The number of aromatic nitrogens is 2. The quantitative estimate of drug-likeness (QED) is 0.913. The molecule has 1 aromatic carbocycles. The van der Waals surface area contributed by atoms with E-state index in [0.717, 1.165) is 18.2 Å². The Morgan fingerprint density at radius 3 is 2.81 bits per heavy atom. The van der Waals surface area contributed by atoms with Crippen molar-refractivity contribution in [3.63, 3.8) is 0 Å². The molecule has 1 unspecified atom stereocenters. The summed E-state index contributed by atoms with van der Waals surface area (Å²) in [7, 11) is 0. The number of benzene rings is 1. The van der Waals surface area contributed by atoms with Gasteiger partial charge in [0.15, 0.2) is 0 Å². The first-order valence-electron chi connectivity index (χ1n) is 7.81. The molecule has 134 valence electrons. The SMILES string of the molecule is CC1(O)C=CC=CC(n2cnc(OCc3ccc(F)cc3F)cc2=O)=C1. The highest BCUT2D eigenvalue weighted by Gasteiger charge is 2.16. The summed E-state index contributed by atoms with van der Waals surface area (Å²) in [6.07, 6.45) is 9.40. The van der Waals surface area contributed by atoms with Crippen molar-refractivity contribution in [2.24, 2.45) is 0 Å². The molecule has 26 heavy (non-hydrogen) atoms. The van der Waals surface area contributed by atoms with Crippen LogP contribution >= 0.6 is 0 Å². The molecule has 1 aromatic heterocycles. The van der Waals surface area contributed by atoms with Gasteiger partial charge in [-0.15, -0.1) is 0 Å². The summed E-state index contributed by atoms with van der Waals surface area (Å²) in [5, 5.41) is 10.2. The molecule has 1 aliphatic rings. The maximum Gasteiger partial charge on any atom is 0.261 e. The van der Waals surface area contributed by atoms with Crippen LogP contribution < -0.4 is 10.3 Å². The number of aliphatic hydroxyl groups is 1. The Kier molecular flexibility index (Phi) is 4.81. The Bertz CT molecular complexity index is 975. The van der Waals surface area contributed by atoms with Crippen molar-refractivity contribution in [3.8, 4) is 5.88 Å². The second-order valence-electron chi connectivity index (χ2n) is 5.97. The molecule has 0 saturated carbocycles. The van der Waals surface area contributed by atoms with E-state index in [1.807, 2.05) is 0 Å². The van der Waals surface area contributed by atoms with Gasteiger partial charge in [0, 0.05) is 17.3 Å². The first kappa shape index (κ1) is 17.8. The van der Waals surface area contributed by atoms with Gasteiger partial charge < -0.3 is 9.84 Å². The summed E-state index contributed by atoms with van der Waals surface area (Å²) in [6, 6.07) is 4.30. The van der Waals surface area contributed by atoms with Gasteiger partial charge in [0.05, 0.1) is 6.07 Å². The monoisotopic (exact) mass is 358 g/mol. The van der Waals surface area contributed by atoms with Gasteiger partial charge in [0.2, 0.25) is 5.88 Å². The van der Waals surface area contributed by atoms with Crippen molar-refractivity contribution in [3.05, 3.63) is 88.5 Å². The second-order valence-corrected chi connectivity index (χ2v) is 5.97. The highest BCUT2D eigenvalue weighted by Crippen LogP contribution is 2.18. The van der Waals surface area contributed by atoms with Gasteiger partial charge in [0.1, 0.15) is 30.2 Å². The van der Waals surface area contributed by atoms with Crippen molar-refractivity contribution >= 4 is 5.70 Å². The molecule has 0 fully saturated rings. The van der Waals surface area contributed by atoms with Gasteiger partial charge >= 0.3 is 0 Å². The van der Waals surface area contributed by atoms with E-state index in [9.17, 15) is 18.7 Å². The number of ether oxygens (including phenoxy) is 1. The zero-order valence-electron chi connectivity index (χ0n) is 13.9. The fraction of sp³-hybridized carbons (Fsp3) is 0.158. The normalized spacial score (nSPS) is 19.2. The van der Waals surface area contributed by atoms with Crippen LogP contribution in [0.5, 0.6) is 5.88 Å². The molecule has 1 heterocycles. The Hall–Kier alpha value is -3.06. The topological polar surface area (TPSA) is 64.3 Å². The van der Waals surface area contributed by atoms with Crippen molar-refractivity contribution in [2.45, 2.75) is 19.1 Å². The molecular formula is C19H16F2N2O3. The molecule has 5 nitrogen and oxygen atoms in total. The third-order valence-electron chi connectivity index (χ3n) is 3.71. The molecular weight excluding hydrogens is 342 g/mol. The van der Waals surface area contributed by atoms with Crippen molar-refractivity contribution in [2.75, 3.05) is 0 Å². The minimum absolute atomic E-state index is 0.0121. The van der Waals surface area contributed by atoms with Crippen LogP contribution in [0.25, 0.3) is 5.70 Å². The maximum absolute atomic E-state index is 13.6. The molecule has 0 saturated heterocycles. The van der Waals surface area contributed by atoms with Gasteiger partial charge in [-0.3, -0.25) is 9.36 Å². The average molecular weight is 358 g/mol. The fourth-order valence-electron chi connectivity index (χ4n) is 2.40. The summed E-state index contributed by atoms with van der Waals surface area (Å²) < 4.78 is 33.1. The smallest absolute Gasteiger partial charge is 0.261 e. The second kappa shape index (κ2) is 7.05. The highest BCUT2D eigenvalue weighted by atomic mass is 19.1. The molecule has 0 amide bonds. The van der Waals surface area contributed by atoms with Crippen LogP contribution in [-0.2, 0) is 6.61 Å². The van der Waals surface area contributed by atoms with Crippen molar-refractivity contribution in [1.29, 1.82) is 0 Å². The highest BCUT2D eigenvalue weighted by molar-refractivity contribution is 5.61. The van der Waals surface area contributed by atoms with Gasteiger partial charge in [-0.1, -0.05) is 12.2 Å². The van der Waals surface area contributed by atoms with Crippen LogP contribution in [0.1, 0.15) is 12.5 Å². The summed E-state index contributed by atoms with van der Waals surface area (Å²) in [4.78, 5) is 16.4. The average Bonchev–Trinajstić information content (AvgIpc) is 2.74. The van der Waals surface area contributed by atoms with E-state index in [-0.39, 0.29) is 18.1 Å². The number of hydrogen-bond donors (Lipinski definition) is 1. The van der Waals surface area contributed by atoms with Crippen LogP contribution in [0.4, 0.5) is 8.78 Å². The number of allylic oxidation sites excluding steroid dienone is 4.